The van der Waals surface area contributed by atoms with Crippen molar-refractivity contribution in [1.82, 2.24) is 10.2 Å². The Hall–Kier alpha value is -3.92. The van der Waals surface area contributed by atoms with E-state index in [0.29, 0.717) is 11.3 Å². The van der Waals surface area contributed by atoms with Crippen molar-refractivity contribution in [1.29, 1.82) is 5.26 Å². The maximum atomic E-state index is 13.8. The third kappa shape index (κ3) is 3.65. The molecule has 32 heavy (non-hydrogen) atoms. The molecule has 0 spiro atoms. The summed E-state index contributed by atoms with van der Waals surface area (Å²) in [5.41, 5.74) is 4.55. The lowest BCUT2D eigenvalue weighted by atomic mass is 9.61. The Balaban J connectivity index is 2.43. The molecule has 0 aliphatic carbocycles. The number of H-pyrrole nitrogens is 1. The fourth-order valence-electron chi connectivity index (χ4n) is 4.08. The Bertz CT molecular complexity index is 1230. The number of alkyl halides is 3. The molecule has 2 heterocycles. The van der Waals surface area contributed by atoms with Gasteiger partial charge in [-0.2, -0.15) is 18.4 Å². The summed E-state index contributed by atoms with van der Waals surface area (Å²) in [6.07, 6.45) is -5.24. The number of nitrogens with one attached hydrogen (secondary N) is 1. The van der Waals surface area contributed by atoms with Gasteiger partial charge in [0.05, 0.1) is 16.5 Å². The van der Waals surface area contributed by atoms with Crippen LogP contribution in [-0.2, 0) is 16.4 Å². The Morgan fingerprint density at radius 3 is 2.62 bits per heavy atom. The number of hydrogen-bond acceptors (Lipinski definition) is 5. The van der Waals surface area contributed by atoms with Crippen LogP contribution in [0, 0.1) is 36.0 Å². The van der Waals surface area contributed by atoms with Crippen LogP contribution < -0.4 is 10.5 Å². The molecule has 1 unspecified atom stereocenters. The van der Waals surface area contributed by atoms with Gasteiger partial charge in [-0.15, -0.1) is 5.10 Å². The first-order chi connectivity index (χ1) is 14.9. The number of aliphatic carboxylic acids is 1. The van der Waals surface area contributed by atoms with Crippen LogP contribution in [0.4, 0.5) is 13.2 Å². The molecule has 0 bridgehead atoms. The molecule has 1 aromatic heterocycles. The van der Waals surface area contributed by atoms with Crippen molar-refractivity contribution in [2.75, 3.05) is 0 Å². The second kappa shape index (κ2) is 7.97. The molecule has 0 saturated heterocycles. The molecule has 1 aromatic carbocycles. The molecular weight excluding hydrogens is 425 g/mol. The topological polar surface area (TPSA) is 125 Å². The highest BCUT2D eigenvalue weighted by Gasteiger charge is 2.51. The van der Waals surface area contributed by atoms with Gasteiger partial charge in [0.25, 0.3) is 0 Å². The summed E-state index contributed by atoms with van der Waals surface area (Å²) >= 11 is 0. The number of ether oxygens (including phenoxy) is 1. The molecule has 166 valence electrons. The van der Waals surface area contributed by atoms with Gasteiger partial charge in [-0.25, -0.2) is 0 Å². The monoisotopic (exact) mass is 444 g/mol. The van der Waals surface area contributed by atoms with Crippen LogP contribution in [0.1, 0.15) is 48.2 Å². The third-order valence-corrected chi connectivity index (χ3v) is 5.32. The van der Waals surface area contributed by atoms with Gasteiger partial charge in [-0.3, -0.25) is 9.89 Å². The SMILES string of the molecule is Cc1[nH]nc2c1C(c1cc(C#CCC(=O)O)cc(C(F)(F)F)c1)(C(C)C)C(C#N)=C(N)O2. The summed E-state index contributed by atoms with van der Waals surface area (Å²) in [5, 5.41) is 25.5. The predicted octanol–water partition coefficient (Wildman–Crippen LogP) is 3.59. The predicted molar refractivity (Wildman–Crippen MR) is 107 cm³/mol. The number of carboxylic acids is 1. The summed E-state index contributed by atoms with van der Waals surface area (Å²) in [6, 6.07) is 5.22. The van der Waals surface area contributed by atoms with Gasteiger partial charge in [-0.1, -0.05) is 25.7 Å². The van der Waals surface area contributed by atoms with Crippen LogP contribution in [0.3, 0.4) is 0 Å². The van der Waals surface area contributed by atoms with Gasteiger partial charge in [0.2, 0.25) is 11.8 Å². The van der Waals surface area contributed by atoms with Crippen molar-refractivity contribution in [2.24, 2.45) is 11.7 Å². The summed E-state index contributed by atoms with van der Waals surface area (Å²) in [7, 11) is 0. The summed E-state index contributed by atoms with van der Waals surface area (Å²) in [6.45, 7) is 5.18. The molecule has 1 aliphatic heterocycles. The molecule has 3 rings (SSSR count). The van der Waals surface area contributed by atoms with E-state index in [4.69, 9.17) is 15.6 Å². The molecule has 0 saturated carbocycles. The van der Waals surface area contributed by atoms with Gasteiger partial charge in [-0.05, 0) is 36.6 Å². The van der Waals surface area contributed by atoms with Crippen LogP contribution in [0.2, 0.25) is 0 Å². The first kappa shape index (κ1) is 22.8. The highest BCUT2D eigenvalue weighted by atomic mass is 19.4. The highest BCUT2D eigenvalue weighted by Crippen LogP contribution is 2.53. The van der Waals surface area contributed by atoms with Crippen LogP contribution in [0.25, 0.3) is 0 Å². The zero-order valence-corrected chi connectivity index (χ0v) is 17.4. The van der Waals surface area contributed by atoms with Crippen LogP contribution in [0.15, 0.2) is 29.7 Å². The minimum absolute atomic E-state index is 0.0406. The van der Waals surface area contributed by atoms with Crippen molar-refractivity contribution in [3.8, 4) is 23.8 Å². The lowest BCUT2D eigenvalue weighted by Gasteiger charge is -2.41. The van der Waals surface area contributed by atoms with Crippen molar-refractivity contribution in [2.45, 2.75) is 38.8 Å². The fourth-order valence-corrected chi connectivity index (χ4v) is 4.08. The van der Waals surface area contributed by atoms with Crippen LogP contribution in [0.5, 0.6) is 5.88 Å². The number of aromatic nitrogens is 2. The number of hydrogen-bond donors (Lipinski definition) is 3. The molecule has 4 N–H and O–H groups in total. The quantitative estimate of drug-likeness (QED) is 0.622. The number of allylic oxidation sites excluding steroid dienone is 1. The molecule has 0 radical (unpaired) electrons. The van der Waals surface area contributed by atoms with E-state index in [1.54, 1.807) is 20.8 Å². The number of nitriles is 1. The second-order valence-electron chi connectivity index (χ2n) is 7.61. The molecule has 10 heteroatoms. The van der Waals surface area contributed by atoms with Gasteiger partial charge in [0, 0.05) is 11.3 Å². The number of carbonyl (C=O) groups is 1. The number of carboxylic acid groups (broad SMARTS) is 1. The van der Waals surface area contributed by atoms with E-state index in [2.05, 4.69) is 22.0 Å². The van der Waals surface area contributed by atoms with Crippen LogP contribution in [-0.4, -0.2) is 21.3 Å². The second-order valence-corrected chi connectivity index (χ2v) is 7.61. The first-order valence-electron chi connectivity index (χ1n) is 9.49. The van der Waals surface area contributed by atoms with Gasteiger partial charge in [0.1, 0.15) is 18.1 Å². The molecule has 0 fully saturated rings. The van der Waals surface area contributed by atoms with Crippen LogP contribution >= 0.6 is 0 Å². The normalized spacial score (nSPS) is 17.8. The Kier molecular flexibility index (Phi) is 5.67. The average molecular weight is 444 g/mol. The van der Waals surface area contributed by atoms with E-state index in [9.17, 15) is 23.2 Å². The number of nitrogens with two attached hydrogens (primary N) is 1. The van der Waals surface area contributed by atoms with E-state index < -0.39 is 35.5 Å². The van der Waals surface area contributed by atoms with Gasteiger partial charge < -0.3 is 15.6 Å². The van der Waals surface area contributed by atoms with Gasteiger partial charge >= 0.3 is 12.1 Å². The van der Waals surface area contributed by atoms with E-state index in [1.165, 1.54) is 6.07 Å². The highest BCUT2D eigenvalue weighted by molar-refractivity contribution is 5.70. The third-order valence-electron chi connectivity index (χ3n) is 5.32. The lowest BCUT2D eigenvalue weighted by Crippen LogP contribution is -2.41. The zero-order chi connectivity index (χ0) is 23.8. The molecule has 0 amide bonds. The van der Waals surface area contributed by atoms with E-state index >= 15 is 0 Å². The first-order valence-corrected chi connectivity index (χ1v) is 9.49. The number of halogens is 3. The number of benzene rings is 1. The maximum Gasteiger partial charge on any atom is 0.416 e. The smallest absolute Gasteiger partial charge is 0.416 e. The minimum atomic E-state index is -4.71. The standard InChI is InChI=1S/C22H19F3N4O3/c1-11(2)21(16(10-26)19(27)32-20-18(21)12(3)28-29-20)14-7-13(5-4-6-17(30)31)8-15(9-14)22(23,24)25/h7-9,11H,6,27H2,1-3H3,(H,28,29)(H,30,31). The van der Waals surface area contributed by atoms with Crippen molar-refractivity contribution in [3.63, 3.8) is 0 Å². The number of aromatic amines is 1. The molecule has 2 aromatic rings. The number of fused-ring (bicyclic) bond motifs is 1. The number of rotatable bonds is 3. The molecule has 1 atom stereocenters. The Morgan fingerprint density at radius 2 is 2.06 bits per heavy atom. The van der Waals surface area contributed by atoms with Crippen molar-refractivity contribution >= 4 is 5.97 Å². The summed E-state index contributed by atoms with van der Waals surface area (Å²) in [4.78, 5) is 10.8. The molecular formula is C22H19F3N4O3. The fraction of sp³-hybridized carbons (Fsp3) is 0.318. The van der Waals surface area contributed by atoms with E-state index in [0.717, 1.165) is 12.1 Å². The van der Waals surface area contributed by atoms with Crippen molar-refractivity contribution < 1.29 is 27.8 Å². The Labute approximate surface area is 181 Å². The van der Waals surface area contributed by atoms with Gasteiger partial charge in [0.15, 0.2) is 0 Å². The average Bonchev–Trinajstić information content (AvgIpc) is 3.06. The van der Waals surface area contributed by atoms with E-state index in [-0.39, 0.29) is 28.5 Å². The largest absolute Gasteiger partial charge is 0.481 e. The Morgan fingerprint density at radius 1 is 1.38 bits per heavy atom. The summed E-state index contributed by atoms with van der Waals surface area (Å²) < 4.78 is 46.8. The van der Waals surface area contributed by atoms with E-state index in [1.807, 2.05) is 6.07 Å². The lowest BCUT2D eigenvalue weighted by molar-refractivity contribution is -0.138. The molecule has 7 nitrogen and oxygen atoms in total. The number of aryl methyl sites for hydroxylation is 1. The van der Waals surface area contributed by atoms with Crippen molar-refractivity contribution in [3.05, 3.63) is 57.6 Å². The number of nitrogens with zero attached hydrogens (tertiary/aromatic N) is 2. The summed E-state index contributed by atoms with van der Waals surface area (Å²) in [5.74, 6) is 3.01. The zero-order valence-electron chi connectivity index (χ0n) is 17.4. The maximum absolute atomic E-state index is 13.8. The molecule has 1 aliphatic rings. The minimum Gasteiger partial charge on any atom is -0.481 e.